The van der Waals surface area contributed by atoms with Gasteiger partial charge < -0.3 is 9.88 Å². The van der Waals surface area contributed by atoms with Crippen LogP contribution < -0.4 is 5.32 Å². The van der Waals surface area contributed by atoms with Crippen molar-refractivity contribution in [3.8, 4) is 6.07 Å². The van der Waals surface area contributed by atoms with Crippen LogP contribution in [-0.4, -0.2) is 16.5 Å². The van der Waals surface area contributed by atoms with Crippen LogP contribution in [0.2, 0.25) is 0 Å². The molecule has 1 aliphatic carbocycles. The van der Waals surface area contributed by atoms with Crippen LogP contribution >= 0.6 is 0 Å². The zero-order valence-corrected chi connectivity index (χ0v) is 9.10. The number of carbonyl (C=O) groups excluding carboxylic acids is 1. The summed E-state index contributed by atoms with van der Waals surface area (Å²) in [5.41, 5.74) is 1.01. The van der Waals surface area contributed by atoms with Crippen LogP contribution in [0.3, 0.4) is 0 Å². The summed E-state index contributed by atoms with van der Waals surface area (Å²) in [5.74, 6) is -0.272. The van der Waals surface area contributed by atoms with E-state index in [-0.39, 0.29) is 17.5 Å². The van der Waals surface area contributed by atoms with Gasteiger partial charge in [-0.05, 0) is 31.1 Å². The minimum absolute atomic E-state index is 0.161. The number of nitrogens with one attached hydrogen (secondary N) is 1. The van der Waals surface area contributed by atoms with Gasteiger partial charge >= 0.3 is 0 Å². The molecule has 4 heteroatoms. The summed E-state index contributed by atoms with van der Waals surface area (Å²) in [6.45, 7) is 0. The second-order valence-electron chi connectivity index (χ2n) is 3.96. The van der Waals surface area contributed by atoms with E-state index in [2.05, 4.69) is 5.32 Å². The highest BCUT2D eigenvalue weighted by atomic mass is 16.1. The lowest BCUT2D eigenvalue weighted by molar-refractivity contribution is -0.117. The molecule has 1 aromatic rings. The molecule has 82 valence electrons. The zero-order valence-electron chi connectivity index (χ0n) is 9.10. The Kier molecular flexibility index (Phi) is 2.78. The van der Waals surface area contributed by atoms with Crippen molar-refractivity contribution in [2.75, 3.05) is 0 Å². The van der Waals surface area contributed by atoms with Gasteiger partial charge in [0.1, 0.15) is 11.6 Å². The maximum absolute atomic E-state index is 11.7. The highest BCUT2D eigenvalue weighted by molar-refractivity contribution is 6.01. The Hall–Kier alpha value is -2.02. The van der Waals surface area contributed by atoms with Crippen molar-refractivity contribution >= 4 is 12.0 Å². The largest absolute Gasteiger partial charge is 0.351 e. The third-order valence-corrected chi connectivity index (χ3v) is 2.55. The number of aryl methyl sites for hydroxylation is 1. The van der Waals surface area contributed by atoms with E-state index in [0.717, 1.165) is 18.5 Å². The number of aromatic nitrogens is 1. The van der Waals surface area contributed by atoms with E-state index in [9.17, 15) is 4.79 Å². The van der Waals surface area contributed by atoms with Gasteiger partial charge in [0.05, 0.1) is 0 Å². The SMILES string of the molecule is Cn1cccc1C=C(C#N)C(=O)NC1CC1. The summed E-state index contributed by atoms with van der Waals surface area (Å²) in [6.07, 6.45) is 5.53. The molecule has 2 rings (SSSR count). The molecule has 0 spiro atoms. The topological polar surface area (TPSA) is 57.8 Å². The van der Waals surface area contributed by atoms with E-state index in [1.807, 2.05) is 36.0 Å². The molecule has 0 radical (unpaired) electrons. The summed E-state index contributed by atoms with van der Waals surface area (Å²) >= 11 is 0. The van der Waals surface area contributed by atoms with Crippen molar-refractivity contribution in [2.24, 2.45) is 7.05 Å². The Balaban J connectivity index is 2.15. The summed E-state index contributed by atoms with van der Waals surface area (Å²) in [7, 11) is 1.87. The van der Waals surface area contributed by atoms with Crippen molar-refractivity contribution in [2.45, 2.75) is 18.9 Å². The van der Waals surface area contributed by atoms with E-state index in [4.69, 9.17) is 5.26 Å². The fourth-order valence-electron chi connectivity index (χ4n) is 1.41. The molecule has 0 unspecified atom stereocenters. The number of carbonyl (C=O) groups is 1. The van der Waals surface area contributed by atoms with Crippen LogP contribution in [0.5, 0.6) is 0 Å². The molecule has 1 fully saturated rings. The Morgan fingerprint density at radius 2 is 2.44 bits per heavy atom. The van der Waals surface area contributed by atoms with Gasteiger partial charge in [-0.3, -0.25) is 4.79 Å². The first-order valence-electron chi connectivity index (χ1n) is 5.24. The molecule has 1 amide bonds. The van der Waals surface area contributed by atoms with E-state index in [0.29, 0.717) is 0 Å². The van der Waals surface area contributed by atoms with Crippen molar-refractivity contribution in [1.82, 2.24) is 9.88 Å². The molecule has 0 saturated heterocycles. The second-order valence-corrected chi connectivity index (χ2v) is 3.96. The fraction of sp³-hybridized carbons (Fsp3) is 0.333. The average Bonchev–Trinajstić information content (AvgIpc) is 2.98. The normalized spacial score (nSPS) is 15.6. The summed E-state index contributed by atoms with van der Waals surface area (Å²) < 4.78 is 1.86. The van der Waals surface area contributed by atoms with Crippen LogP contribution in [0.15, 0.2) is 23.9 Å². The molecule has 0 atom stereocenters. The van der Waals surface area contributed by atoms with Crippen LogP contribution in [0.1, 0.15) is 18.5 Å². The number of rotatable bonds is 3. The molecular weight excluding hydrogens is 202 g/mol. The average molecular weight is 215 g/mol. The van der Waals surface area contributed by atoms with E-state index < -0.39 is 0 Å². The molecule has 4 nitrogen and oxygen atoms in total. The maximum Gasteiger partial charge on any atom is 0.262 e. The number of hydrogen-bond acceptors (Lipinski definition) is 2. The van der Waals surface area contributed by atoms with Crippen LogP contribution in [-0.2, 0) is 11.8 Å². The quantitative estimate of drug-likeness (QED) is 0.608. The third-order valence-electron chi connectivity index (χ3n) is 2.55. The van der Waals surface area contributed by atoms with E-state index >= 15 is 0 Å². The Morgan fingerprint density at radius 3 is 2.94 bits per heavy atom. The predicted octanol–water partition coefficient (Wildman–Crippen LogP) is 1.21. The smallest absolute Gasteiger partial charge is 0.262 e. The third kappa shape index (κ3) is 2.31. The minimum atomic E-state index is -0.272. The highest BCUT2D eigenvalue weighted by Crippen LogP contribution is 2.19. The minimum Gasteiger partial charge on any atom is -0.351 e. The molecule has 0 bridgehead atoms. The van der Waals surface area contributed by atoms with Crippen LogP contribution in [0.4, 0.5) is 0 Å². The first kappa shape index (κ1) is 10.5. The zero-order chi connectivity index (χ0) is 11.5. The van der Waals surface area contributed by atoms with Crippen molar-refractivity contribution in [3.63, 3.8) is 0 Å². The lowest BCUT2D eigenvalue weighted by atomic mass is 10.2. The monoisotopic (exact) mass is 215 g/mol. The number of nitrogens with zero attached hydrogens (tertiary/aromatic N) is 2. The summed E-state index contributed by atoms with van der Waals surface area (Å²) in [6, 6.07) is 5.95. The van der Waals surface area contributed by atoms with Crippen LogP contribution in [0, 0.1) is 11.3 Å². The van der Waals surface area contributed by atoms with Gasteiger partial charge in [0.25, 0.3) is 5.91 Å². The molecule has 1 heterocycles. The molecule has 0 aromatic carbocycles. The Morgan fingerprint density at radius 1 is 1.69 bits per heavy atom. The van der Waals surface area contributed by atoms with Crippen LogP contribution in [0.25, 0.3) is 6.08 Å². The van der Waals surface area contributed by atoms with Crippen molar-refractivity contribution < 1.29 is 4.79 Å². The molecular formula is C12H13N3O. The standard InChI is InChI=1S/C12H13N3O/c1-15-6-2-3-11(15)7-9(8-13)12(16)14-10-4-5-10/h2-3,6-7,10H,4-5H2,1H3,(H,14,16). The predicted molar refractivity (Wildman–Crippen MR) is 60.2 cm³/mol. The second kappa shape index (κ2) is 4.23. The van der Waals surface area contributed by atoms with Gasteiger partial charge in [0.2, 0.25) is 0 Å². The summed E-state index contributed by atoms with van der Waals surface area (Å²) in [5, 5.41) is 11.7. The number of nitriles is 1. The van der Waals surface area contributed by atoms with Gasteiger partial charge in [-0.15, -0.1) is 0 Å². The van der Waals surface area contributed by atoms with Crippen molar-refractivity contribution in [1.29, 1.82) is 5.26 Å². The number of amides is 1. The van der Waals surface area contributed by atoms with Gasteiger partial charge in [-0.25, -0.2) is 0 Å². The lowest BCUT2D eigenvalue weighted by Gasteiger charge is -2.01. The molecule has 1 saturated carbocycles. The number of hydrogen-bond donors (Lipinski definition) is 1. The Bertz CT molecular complexity index is 475. The van der Waals surface area contributed by atoms with Gasteiger partial charge in [0.15, 0.2) is 0 Å². The highest BCUT2D eigenvalue weighted by Gasteiger charge is 2.24. The van der Waals surface area contributed by atoms with E-state index in [1.54, 1.807) is 6.08 Å². The first-order valence-corrected chi connectivity index (χ1v) is 5.24. The van der Waals surface area contributed by atoms with Gasteiger partial charge in [-0.2, -0.15) is 5.26 Å². The molecule has 16 heavy (non-hydrogen) atoms. The molecule has 1 N–H and O–H groups in total. The van der Waals surface area contributed by atoms with Crippen molar-refractivity contribution in [3.05, 3.63) is 29.6 Å². The molecule has 1 aliphatic rings. The maximum atomic E-state index is 11.7. The summed E-state index contributed by atoms with van der Waals surface area (Å²) in [4.78, 5) is 11.7. The molecule has 0 aliphatic heterocycles. The van der Waals surface area contributed by atoms with Gasteiger partial charge in [-0.1, -0.05) is 0 Å². The Labute approximate surface area is 94.2 Å². The van der Waals surface area contributed by atoms with Gasteiger partial charge in [0, 0.05) is 25.0 Å². The first-order chi connectivity index (χ1) is 7.70. The molecule has 1 aromatic heterocycles. The van der Waals surface area contributed by atoms with E-state index in [1.165, 1.54) is 0 Å². The lowest BCUT2D eigenvalue weighted by Crippen LogP contribution is -2.26. The fourth-order valence-corrected chi connectivity index (χ4v) is 1.41.